The lowest BCUT2D eigenvalue weighted by atomic mass is 9.98. The summed E-state index contributed by atoms with van der Waals surface area (Å²) < 4.78 is 0. The number of carbonyl (C=O) groups is 1. The van der Waals surface area contributed by atoms with Gasteiger partial charge in [0.15, 0.2) is 0 Å². The highest BCUT2D eigenvalue weighted by molar-refractivity contribution is 6.01. The predicted molar refractivity (Wildman–Crippen MR) is 92.4 cm³/mol. The Morgan fingerprint density at radius 2 is 2.00 bits per heavy atom. The molecule has 120 valence electrons. The van der Waals surface area contributed by atoms with E-state index in [1.54, 1.807) is 6.20 Å². The summed E-state index contributed by atoms with van der Waals surface area (Å²) in [7, 11) is 4.01. The first kappa shape index (κ1) is 15.7. The van der Waals surface area contributed by atoms with Crippen LogP contribution in [0, 0.1) is 6.92 Å². The molecule has 0 aliphatic carbocycles. The van der Waals surface area contributed by atoms with Crippen LogP contribution in [0.3, 0.4) is 0 Å². The van der Waals surface area contributed by atoms with E-state index < -0.39 is 0 Å². The maximum Gasteiger partial charge on any atom is 0.256 e. The topological polar surface area (TPSA) is 36.4 Å². The van der Waals surface area contributed by atoms with Gasteiger partial charge in [0.1, 0.15) is 0 Å². The van der Waals surface area contributed by atoms with Gasteiger partial charge in [-0.1, -0.05) is 30.3 Å². The molecule has 0 bridgehead atoms. The van der Waals surface area contributed by atoms with Gasteiger partial charge in [-0.2, -0.15) is 0 Å². The number of carbonyl (C=O) groups excluding carboxylic acids is 1. The van der Waals surface area contributed by atoms with Crippen molar-refractivity contribution in [2.45, 2.75) is 19.4 Å². The molecule has 0 radical (unpaired) electrons. The van der Waals surface area contributed by atoms with Gasteiger partial charge in [0.05, 0.1) is 11.3 Å². The SMILES string of the molecule is Cc1nccc(-c2ccccc2)c1C(=O)N(C)C1CCN(C)C1. The number of nitrogens with zero attached hydrogens (tertiary/aromatic N) is 3. The molecule has 1 amide bonds. The average molecular weight is 309 g/mol. The molecular weight excluding hydrogens is 286 g/mol. The van der Waals surface area contributed by atoms with Crippen molar-refractivity contribution in [1.82, 2.24) is 14.8 Å². The third kappa shape index (κ3) is 3.13. The van der Waals surface area contributed by atoms with Gasteiger partial charge in [0.25, 0.3) is 5.91 Å². The Labute approximate surface area is 137 Å². The lowest BCUT2D eigenvalue weighted by molar-refractivity contribution is 0.0737. The van der Waals surface area contributed by atoms with Gasteiger partial charge in [-0.3, -0.25) is 9.78 Å². The van der Waals surface area contributed by atoms with Gasteiger partial charge in [0.2, 0.25) is 0 Å². The van der Waals surface area contributed by atoms with Gasteiger partial charge in [-0.05, 0) is 44.1 Å². The summed E-state index contributed by atoms with van der Waals surface area (Å²) in [4.78, 5) is 21.6. The van der Waals surface area contributed by atoms with Crippen molar-refractivity contribution >= 4 is 5.91 Å². The number of hydrogen-bond acceptors (Lipinski definition) is 3. The van der Waals surface area contributed by atoms with E-state index in [4.69, 9.17) is 0 Å². The van der Waals surface area contributed by atoms with Crippen LogP contribution in [0.15, 0.2) is 42.6 Å². The number of rotatable bonds is 3. The van der Waals surface area contributed by atoms with Crippen LogP contribution in [-0.4, -0.2) is 53.9 Å². The summed E-state index contributed by atoms with van der Waals surface area (Å²) in [5.74, 6) is 0.0646. The molecule has 4 nitrogen and oxygen atoms in total. The van der Waals surface area contributed by atoms with Crippen molar-refractivity contribution in [2.75, 3.05) is 27.2 Å². The van der Waals surface area contributed by atoms with E-state index in [0.717, 1.165) is 41.9 Å². The highest BCUT2D eigenvalue weighted by Crippen LogP contribution is 2.27. The van der Waals surface area contributed by atoms with Crippen molar-refractivity contribution in [3.8, 4) is 11.1 Å². The fraction of sp³-hybridized carbons (Fsp3) is 0.368. The van der Waals surface area contributed by atoms with Crippen LogP contribution in [0.4, 0.5) is 0 Å². The van der Waals surface area contributed by atoms with Crippen LogP contribution in [0.1, 0.15) is 22.5 Å². The largest absolute Gasteiger partial charge is 0.337 e. The van der Waals surface area contributed by atoms with Crippen molar-refractivity contribution in [1.29, 1.82) is 0 Å². The third-order valence-corrected chi connectivity index (χ3v) is 4.67. The Bertz CT molecular complexity index is 699. The highest BCUT2D eigenvalue weighted by atomic mass is 16.2. The number of pyridine rings is 1. The first-order valence-corrected chi connectivity index (χ1v) is 8.04. The summed E-state index contributed by atoms with van der Waals surface area (Å²) in [6, 6.07) is 12.3. The van der Waals surface area contributed by atoms with Crippen LogP contribution in [-0.2, 0) is 0 Å². The number of likely N-dealkylation sites (tertiary alicyclic amines) is 1. The molecular formula is C19H23N3O. The van der Waals surface area contributed by atoms with Gasteiger partial charge in [-0.15, -0.1) is 0 Å². The summed E-state index contributed by atoms with van der Waals surface area (Å²) in [6.07, 6.45) is 2.80. The van der Waals surface area contributed by atoms with Crippen LogP contribution >= 0.6 is 0 Å². The molecule has 1 aromatic heterocycles. The van der Waals surface area contributed by atoms with Crippen LogP contribution in [0.25, 0.3) is 11.1 Å². The third-order valence-electron chi connectivity index (χ3n) is 4.67. The molecule has 0 spiro atoms. The molecule has 1 atom stereocenters. The van der Waals surface area contributed by atoms with Crippen molar-refractivity contribution < 1.29 is 4.79 Å². The first-order valence-electron chi connectivity index (χ1n) is 8.04. The summed E-state index contributed by atoms with van der Waals surface area (Å²) in [5, 5.41) is 0. The molecule has 1 aliphatic heterocycles. The zero-order valence-corrected chi connectivity index (χ0v) is 14.0. The van der Waals surface area contributed by atoms with Crippen molar-refractivity contribution in [3.05, 3.63) is 53.9 Å². The second kappa shape index (κ2) is 6.50. The number of hydrogen-bond donors (Lipinski definition) is 0. The van der Waals surface area contributed by atoms with E-state index in [9.17, 15) is 4.79 Å². The zero-order chi connectivity index (χ0) is 16.4. The predicted octanol–water partition coefficient (Wildman–Crippen LogP) is 2.83. The van der Waals surface area contributed by atoms with Gasteiger partial charge < -0.3 is 9.80 Å². The quantitative estimate of drug-likeness (QED) is 0.875. The first-order chi connectivity index (χ1) is 11.1. The normalized spacial score (nSPS) is 18.1. The Hall–Kier alpha value is -2.20. The number of benzene rings is 1. The van der Waals surface area contributed by atoms with E-state index in [-0.39, 0.29) is 11.9 Å². The van der Waals surface area contributed by atoms with Crippen LogP contribution in [0.2, 0.25) is 0 Å². The molecule has 1 aromatic carbocycles. The van der Waals surface area contributed by atoms with E-state index >= 15 is 0 Å². The smallest absolute Gasteiger partial charge is 0.256 e. The monoisotopic (exact) mass is 309 g/mol. The second-order valence-electron chi connectivity index (χ2n) is 6.31. The molecule has 3 rings (SSSR count). The van der Waals surface area contributed by atoms with Crippen LogP contribution in [0.5, 0.6) is 0 Å². The molecule has 1 saturated heterocycles. The van der Waals surface area contributed by atoms with Gasteiger partial charge in [0, 0.05) is 25.8 Å². The Balaban J connectivity index is 1.97. The minimum atomic E-state index is 0.0646. The number of aromatic nitrogens is 1. The Morgan fingerprint density at radius 3 is 2.65 bits per heavy atom. The molecule has 1 unspecified atom stereocenters. The average Bonchev–Trinajstić information content (AvgIpc) is 3.00. The number of likely N-dealkylation sites (N-methyl/N-ethyl adjacent to an activating group) is 2. The summed E-state index contributed by atoms with van der Waals surface area (Å²) in [6.45, 7) is 3.89. The molecule has 1 aliphatic rings. The molecule has 1 fully saturated rings. The van der Waals surface area contributed by atoms with E-state index in [1.807, 2.05) is 55.3 Å². The summed E-state index contributed by atoms with van der Waals surface area (Å²) in [5.41, 5.74) is 3.52. The molecule has 0 saturated carbocycles. The maximum absolute atomic E-state index is 13.1. The molecule has 0 N–H and O–H groups in total. The number of aryl methyl sites for hydroxylation is 1. The minimum absolute atomic E-state index is 0.0646. The number of amides is 1. The van der Waals surface area contributed by atoms with E-state index in [2.05, 4.69) is 16.9 Å². The Kier molecular flexibility index (Phi) is 4.44. The lowest BCUT2D eigenvalue weighted by Crippen LogP contribution is -2.39. The maximum atomic E-state index is 13.1. The second-order valence-corrected chi connectivity index (χ2v) is 6.31. The van der Waals surface area contributed by atoms with Gasteiger partial charge >= 0.3 is 0 Å². The lowest BCUT2D eigenvalue weighted by Gasteiger charge is -2.26. The van der Waals surface area contributed by atoms with Crippen molar-refractivity contribution in [3.63, 3.8) is 0 Å². The fourth-order valence-corrected chi connectivity index (χ4v) is 3.26. The molecule has 4 heteroatoms. The molecule has 2 heterocycles. The minimum Gasteiger partial charge on any atom is -0.337 e. The molecule has 23 heavy (non-hydrogen) atoms. The van der Waals surface area contributed by atoms with E-state index in [0.29, 0.717) is 0 Å². The standard InChI is InChI=1S/C19H23N3O/c1-14-18(19(23)22(3)16-10-12-21(2)13-16)17(9-11-20-14)15-7-5-4-6-8-15/h4-9,11,16H,10,12-13H2,1-3H3. The zero-order valence-electron chi connectivity index (χ0n) is 14.0. The van der Waals surface area contributed by atoms with Crippen molar-refractivity contribution in [2.24, 2.45) is 0 Å². The van der Waals surface area contributed by atoms with E-state index in [1.165, 1.54) is 0 Å². The Morgan fingerprint density at radius 1 is 1.26 bits per heavy atom. The van der Waals surface area contributed by atoms with Gasteiger partial charge in [-0.25, -0.2) is 0 Å². The summed E-state index contributed by atoms with van der Waals surface area (Å²) >= 11 is 0. The highest BCUT2D eigenvalue weighted by Gasteiger charge is 2.29. The molecule has 2 aromatic rings. The van der Waals surface area contributed by atoms with Crippen LogP contribution < -0.4 is 0 Å². The fourth-order valence-electron chi connectivity index (χ4n) is 3.26.